The van der Waals surface area contributed by atoms with Gasteiger partial charge in [0.05, 0.1) is 17.1 Å². The molecule has 2 rings (SSSR count). The highest BCUT2D eigenvalue weighted by Crippen LogP contribution is 2.17. The fourth-order valence-corrected chi connectivity index (χ4v) is 1.11. The van der Waals surface area contributed by atoms with Crippen molar-refractivity contribution < 1.29 is 4.42 Å². The Labute approximate surface area is 92.5 Å². The quantitative estimate of drug-likeness (QED) is 0.746. The second-order valence-corrected chi connectivity index (χ2v) is 2.79. The lowest BCUT2D eigenvalue weighted by Gasteiger charge is -1.90. The molecule has 0 aliphatic carbocycles. The van der Waals surface area contributed by atoms with Crippen molar-refractivity contribution in [2.24, 2.45) is 0 Å². The minimum absolute atomic E-state index is 0. The summed E-state index contributed by atoms with van der Waals surface area (Å²) in [6, 6.07) is 3.72. The van der Waals surface area contributed by atoms with Crippen LogP contribution < -0.4 is 0 Å². The van der Waals surface area contributed by atoms with E-state index in [1.54, 1.807) is 18.7 Å². The summed E-state index contributed by atoms with van der Waals surface area (Å²) in [6.45, 7) is 0. The molecule has 0 spiro atoms. The summed E-state index contributed by atoms with van der Waals surface area (Å²) < 4.78 is 5.21. The molecule has 0 saturated heterocycles. The van der Waals surface area contributed by atoms with Crippen molar-refractivity contribution >= 4 is 24.0 Å². The number of aromatic nitrogens is 2. The first-order valence-corrected chi connectivity index (χ1v) is 4.34. The zero-order chi connectivity index (χ0) is 9.10. The third-order valence-electron chi connectivity index (χ3n) is 1.60. The number of halogens is 2. The Kier molecular flexibility index (Phi) is 3.92. The topological polar surface area (TPSA) is 38.9 Å². The van der Waals surface area contributed by atoms with Crippen LogP contribution >= 0.6 is 24.0 Å². The summed E-state index contributed by atoms with van der Waals surface area (Å²) in [4.78, 5) is 8.12. The van der Waals surface area contributed by atoms with Crippen LogP contribution in [-0.4, -0.2) is 9.97 Å². The molecule has 3 nitrogen and oxygen atoms in total. The average molecular weight is 231 g/mol. The van der Waals surface area contributed by atoms with Gasteiger partial charge in [0.15, 0.2) is 0 Å². The zero-order valence-electron chi connectivity index (χ0n) is 7.18. The molecule has 0 aliphatic rings. The SMILES string of the molecule is Cl.ClCc1coc(-c2cccnc2)n1. The van der Waals surface area contributed by atoms with Crippen molar-refractivity contribution in [2.75, 3.05) is 0 Å². The van der Waals surface area contributed by atoms with E-state index in [9.17, 15) is 0 Å². The number of hydrogen-bond acceptors (Lipinski definition) is 3. The zero-order valence-corrected chi connectivity index (χ0v) is 8.76. The summed E-state index contributed by atoms with van der Waals surface area (Å²) in [5, 5.41) is 0. The maximum Gasteiger partial charge on any atom is 0.227 e. The van der Waals surface area contributed by atoms with E-state index in [4.69, 9.17) is 16.0 Å². The molecule has 74 valence electrons. The molecule has 0 atom stereocenters. The first-order chi connectivity index (χ1) is 6.40. The Bertz CT molecular complexity index is 389. The van der Waals surface area contributed by atoms with Crippen LogP contribution in [0.4, 0.5) is 0 Å². The predicted octanol–water partition coefficient (Wildman–Crippen LogP) is 2.90. The van der Waals surface area contributed by atoms with E-state index in [2.05, 4.69) is 9.97 Å². The molecule has 0 unspecified atom stereocenters. The van der Waals surface area contributed by atoms with Gasteiger partial charge in [0.2, 0.25) is 5.89 Å². The first kappa shape index (κ1) is 11.0. The standard InChI is InChI=1S/C9H7ClN2O.ClH/c10-4-8-6-13-9(12-8)7-2-1-3-11-5-7;/h1-3,5-6H,4H2;1H. The molecule has 0 aromatic carbocycles. The van der Waals surface area contributed by atoms with Crippen LogP contribution in [0.15, 0.2) is 35.2 Å². The summed E-state index contributed by atoms with van der Waals surface area (Å²) >= 11 is 5.59. The summed E-state index contributed by atoms with van der Waals surface area (Å²) in [7, 11) is 0. The molecule has 2 aromatic rings. The lowest BCUT2D eigenvalue weighted by molar-refractivity contribution is 0.573. The fraction of sp³-hybridized carbons (Fsp3) is 0.111. The van der Waals surface area contributed by atoms with Gasteiger partial charge >= 0.3 is 0 Å². The van der Waals surface area contributed by atoms with E-state index in [0.29, 0.717) is 11.8 Å². The number of alkyl halides is 1. The highest BCUT2D eigenvalue weighted by molar-refractivity contribution is 6.16. The summed E-state index contributed by atoms with van der Waals surface area (Å²) in [6.07, 6.45) is 4.95. The van der Waals surface area contributed by atoms with Crippen LogP contribution in [0.1, 0.15) is 5.69 Å². The van der Waals surface area contributed by atoms with Crippen LogP contribution in [0.25, 0.3) is 11.5 Å². The number of pyridine rings is 1. The minimum atomic E-state index is 0. The van der Waals surface area contributed by atoms with Gasteiger partial charge in [0.25, 0.3) is 0 Å². The Morgan fingerprint density at radius 3 is 2.86 bits per heavy atom. The normalized spacial score (nSPS) is 9.50. The number of oxazole rings is 1. The molecule has 0 fully saturated rings. The molecular formula is C9H8Cl2N2O. The van der Waals surface area contributed by atoms with Crippen molar-refractivity contribution in [1.82, 2.24) is 9.97 Å². The van der Waals surface area contributed by atoms with Crippen LogP contribution in [0.3, 0.4) is 0 Å². The van der Waals surface area contributed by atoms with Gasteiger partial charge in [-0.15, -0.1) is 24.0 Å². The van der Waals surface area contributed by atoms with Crippen LogP contribution in [0.5, 0.6) is 0 Å². The van der Waals surface area contributed by atoms with Crippen molar-refractivity contribution in [2.45, 2.75) is 5.88 Å². The molecule has 0 N–H and O–H groups in total. The molecule has 0 amide bonds. The molecule has 2 heterocycles. The van der Waals surface area contributed by atoms with Gasteiger partial charge in [0.1, 0.15) is 6.26 Å². The highest BCUT2D eigenvalue weighted by atomic mass is 35.5. The first-order valence-electron chi connectivity index (χ1n) is 3.81. The monoisotopic (exact) mass is 230 g/mol. The van der Waals surface area contributed by atoms with Crippen molar-refractivity contribution in [3.63, 3.8) is 0 Å². The third-order valence-corrected chi connectivity index (χ3v) is 1.87. The van der Waals surface area contributed by atoms with Crippen molar-refractivity contribution in [3.8, 4) is 11.5 Å². The van der Waals surface area contributed by atoms with Gasteiger partial charge in [-0.1, -0.05) is 0 Å². The van der Waals surface area contributed by atoms with Crippen LogP contribution in [-0.2, 0) is 5.88 Å². The average Bonchev–Trinajstić information content (AvgIpc) is 2.67. The van der Waals surface area contributed by atoms with Gasteiger partial charge in [-0.25, -0.2) is 4.98 Å². The Balaban J connectivity index is 0.000000980. The number of nitrogens with zero attached hydrogens (tertiary/aromatic N) is 2. The molecule has 14 heavy (non-hydrogen) atoms. The van der Waals surface area contributed by atoms with E-state index in [1.165, 1.54) is 0 Å². The van der Waals surface area contributed by atoms with Crippen LogP contribution in [0.2, 0.25) is 0 Å². The third kappa shape index (κ3) is 2.25. The van der Waals surface area contributed by atoms with E-state index >= 15 is 0 Å². The van der Waals surface area contributed by atoms with E-state index in [1.807, 2.05) is 12.1 Å². The molecule has 0 saturated carbocycles. The van der Waals surface area contributed by atoms with Crippen molar-refractivity contribution in [3.05, 3.63) is 36.5 Å². The van der Waals surface area contributed by atoms with E-state index < -0.39 is 0 Å². The van der Waals surface area contributed by atoms with Crippen LogP contribution in [0, 0.1) is 0 Å². The van der Waals surface area contributed by atoms with Gasteiger partial charge < -0.3 is 4.42 Å². The second kappa shape index (κ2) is 4.98. The van der Waals surface area contributed by atoms with E-state index in [0.717, 1.165) is 11.3 Å². The van der Waals surface area contributed by atoms with Gasteiger partial charge in [0, 0.05) is 12.4 Å². The fourth-order valence-electron chi connectivity index (χ4n) is 0.990. The summed E-state index contributed by atoms with van der Waals surface area (Å²) in [5.41, 5.74) is 1.60. The largest absolute Gasteiger partial charge is 0.444 e. The highest BCUT2D eigenvalue weighted by Gasteiger charge is 2.04. The molecule has 0 aliphatic heterocycles. The second-order valence-electron chi connectivity index (χ2n) is 2.52. The Hall–Kier alpha value is -1.06. The van der Waals surface area contributed by atoms with Gasteiger partial charge in [-0.2, -0.15) is 0 Å². The van der Waals surface area contributed by atoms with E-state index in [-0.39, 0.29) is 12.4 Å². The molecule has 2 aromatic heterocycles. The molecular weight excluding hydrogens is 223 g/mol. The lowest BCUT2D eigenvalue weighted by atomic mass is 10.3. The number of hydrogen-bond donors (Lipinski definition) is 0. The molecule has 0 bridgehead atoms. The maximum absolute atomic E-state index is 5.59. The minimum Gasteiger partial charge on any atom is -0.444 e. The van der Waals surface area contributed by atoms with Gasteiger partial charge in [-0.3, -0.25) is 4.98 Å². The Morgan fingerprint density at radius 2 is 2.29 bits per heavy atom. The molecule has 5 heteroatoms. The Morgan fingerprint density at radius 1 is 1.43 bits per heavy atom. The molecule has 0 radical (unpaired) electrons. The number of rotatable bonds is 2. The lowest BCUT2D eigenvalue weighted by Crippen LogP contribution is -1.80. The van der Waals surface area contributed by atoms with Crippen molar-refractivity contribution in [1.29, 1.82) is 0 Å². The van der Waals surface area contributed by atoms with Gasteiger partial charge in [-0.05, 0) is 12.1 Å². The maximum atomic E-state index is 5.59. The summed E-state index contributed by atoms with van der Waals surface area (Å²) in [5.74, 6) is 0.924. The smallest absolute Gasteiger partial charge is 0.227 e. The predicted molar refractivity (Wildman–Crippen MR) is 56.5 cm³/mol.